The molecule has 0 saturated heterocycles. The van der Waals surface area contributed by atoms with E-state index in [2.05, 4.69) is 10.6 Å². The van der Waals surface area contributed by atoms with Crippen molar-refractivity contribution in [1.29, 1.82) is 0 Å². The smallest absolute Gasteiger partial charge is 0.311 e. The van der Waals surface area contributed by atoms with Crippen molar-refractivity contribution in [3.8, 4) is 0 Å². The first-order valence-corrected chi connectivity index (χ1v) is 6.66. The third-order valence-corrected chi connectivity index (χ3v) is 3.83. The van der Waals surface area contributed by atoms with Gasteiger partial charge in [0.15, 0.2) is 0 Å². The average Bonchev–Trinajstić information content (AvgIpc) is 2.61. The largest absolute Gasteiger partial charge is 0.481 e. The molecule has 3 atom stereocenters. The fraction of sp³-hybridized carbons (Fsp3) is 0.846. The second-order valence-corrected chi connectivity index (χ2v) is 5.40. The third-order valence-electron chi connectivity index (χ3n) is 3.83. The molecule has 1 aliphatic carbocycles. The summed E-state index contributed by atoms with van der Waals surface area (Å²) in [5, 5.41) is 15.3. The van der Waals surface area contributed by atoms with Crippen molar-refractivity contribution in [2.24, 2.45) is 5.41 Å². The van der Waals surface area contributed by atoms with E-state index in [1.54, 1.807) is 6.92 Å². The molecule has 0 spiro atoms. The summed E-state index contributed by atoms with van der Waals surface area (Å²) in [5.41, 5.74) is -0.808. The van der Waals surface area contributed by atoms with Gasteiger partial charge in [-0.25, -0.2) is 0 Å². The molecular weight excluding hydrogens is 232 g/mol. The van der Waals surface area contributed by atoms with Crippen LogP contribution in [0.5, 0.6) is 0 Å². The van der Waals surface area contributed by atoms with Crippen molar-refractivity contribution in [2.45, 2.75) is 58.5 Å². The van der Waals surface area contributed by atoms with Crippen molar-refractivity contribution >= 4 is 11.9 Å². The second-order valence-electron chi connectivity index (χ2n) is 5.40. The molecule has 0 heterocycles. The Balaban J connectivity index is 2.51. The van der Waals surface area contributed by atoms with E-state index < -0.39 is 11.4 Å². The molecule has 104 valence electrons. The Morgan fingerprint density at radius 3 is 2.72 bits per heavy atom. The zero-order chi connectivity index (χ0) is 13.8. The van der Waals surface area contributed by atoms with E-state index in [4.69, 9.17) is 0 Å². The second kappa shape index (κ2) is 6.18. The zero-order valence-corrected chi connectivity index (χ0v) is 11.5. The minimum absolute atomic E-state index is 0.0668. The highest BCUT2D eigenvalue weighted by Crippen LogP contribution is 2.38. The Labute approximate surface area is 108 Å². The van der Waals surface area contributed by atoms with E-state index in [1.807, 2.05) is 13.8 Å². The monoisotopic (exact) mass is 256 g/mol. The highest BCUT2D eigenvalue weighted by molar-refractivity contribution is 5.80. The molecule has 1 saturated carbocycles. The number of rotatable bonds is 6. The van der Waals surface area contributed by atoms with E-state index >= 15 is 0 Å². The molecule has 0 aromatic carbocycles. The average molecular weight is 256 g/mol. The molecule has 0 radical (unpaired) electrons. The van der Waals surface area contributed by atoms with Crippen molar-refractivity contribution in [3.05, 3.63) is 0 Å². The van der Waals surface area contributed by atoms with Crippen LogP contribution in [0.25, 0.3) is 0 Å². The number of carbonyl (C=O) groups is 2. The number of nitrogens with one attached hydrogen (secondary N) is 2. The van der Waals surface area contributed by atoms with Gasteiger partial charge in [0, 0.05) is 18.5 Å². The van der Waals surface area contributed by atoms with Gasteiger partial charge >= 0.3 is 5.97 Å². The Hall–Kier alpha value is -1.10. The Kier molecular flexibility index (Phi) is 5.14. The predicted molar refractivity (Wildman–Crippen MR) is 69.3 cm³/mol. The molecule has 1 amide bonds. The maximum atomic E-state index is 11.9. The molecule has 0 aliphatic heterocycles. The minimum atomic E-state index is -0.815. The topological polar surface area (TPSA) is 78.4 Å². The number of hydrogen-bond acceptors (Lipinski definition) is 3. The SMILES string of the molecule is CCNC(C)CC(=O)NC1CCCC1(C)C(=O)O. The Morgan fingerprint density at radius 2 is 2.17 bits per heavy atom. The first-order chi connectivity index (χ1) is 8.40. The highest BCUT2D eigenvalue weighted by atomic mass is 16.4. The van der Waals surface area contributed by atoms with Crippen LogP contribution in [0.3, 0.4) is 0 Å². The Morgan fingerprint density at radius 1 is 1.50 bits per heavy atom. The summed E-state index contributed by atoms with van der Waals surface area (Å²) in [4.78, 5) is 23.1. The fourth-order valence-electron chi connectivity index (χ4n) is 2.61. The van der Waals surface area contributed by atoms with Gasteiger partial charge in [-0.05, 0) is 33.2 Å². The van der Waals surface area contributed by atoms with Crippen LogP contribution in [0.15, 0.2) is 0 Å². The quantitative estimate of drug-likeness (QED) is 0.666. The summed E-state index contributed by atoms with van der Waals surface area (Å²) in [6.45, 7) is 6.49. The lowest BCUT2D eigenvalue weighted by Crippen LogP contribution is -2.48. The van der Waals surface area contributed by atoms with E-state index in [9.17, 15) is 14.7 Å². The van der Waals surface area contributed by atoms with Crippen LogP contribution in [0.2, 0.25) is 0 Å². The van der Waals surface area contributed by atoms with E-state index in [1.165, 1.54) is 0 Å². The van der Waals surface area contributed by atoms with Crippen LogP contribution >= 0.6 is 0 Å². The summed E-state index contributed by atoms with van der Waals surface area (Å²) in [6.07, 6.45) is 2.64. The minimum Gasteiger partial charge on any atom is -0.481 e. The van der Waals surface area contributed by atoms with Crippen molar-refractivity contribution in [1.82, 2.24) is 10.6 Å². The first-order valence-electron chi connectivity index (χ1n) is 6.66. The molecule has 1 aliphatic rings. The summed E-state index contributed by atoms with van der Waals surface area (Å²) < 4.78 is 0. The predicted octanol–water partition coefficient (Wildman–Crippen LogP) is 1.13. The molecule has 18 heavy (non-hydrogen) atoms. The number of hydrogen-bond donors (Lipinski definition) is 3. The fourth-order valence-corrected chi connectivity index (χ4v) is 2.61. The van der Waals surface area contributed by atoms with Gasteiger partial charge < -0.3 is 15.7 Å². The number of carbonyl (C=O) groups excluding carboxylic acids is 1. The molecule has 1 fully saturated rings. The molecule has 0 bridgehead atoms. The molecule has 1 rings (SSSR count). The van der Waals surface area contributed by atoms with Crippen LogP contribution in [-0.4, -0.2) is 35.6 Å². The van der Waals surface area contributed by atoms with Crippen LogP contribution < -0.4 is 10.6 Å². The van der Waals surface area contributed by atoms with Gasteiger partial charge in [0.1, 0.15) is 0 Å². The van der Waals surface area contributed by atoms with Crippen molar-refractivity contribution < 1.29 is 14.7 Å². The zero-order valence-electron chi connectivity index (χ0n) is 11.5. The molecule has 5 heteroatoms. The normalized spacial score (nSPS) is 28.9. The molecule has 0 aromatic heterocycles. The van der Waals surface area contributed by atoms with E-state index in [0.717, 1.165) is 19.4 Å². The first kappa shape index (κ1) is 15.0. The van der Waals surface area contributed by atoms with Crippen LogP contribution in [0.4, 0.5) is 0 Å². The number of amides is 1. The number of aliphatic carboxylic acids is 1. The highest BCUT2D eigenvalue weighted by Gasteiger charge is 2.45. The molecular formula is C13H24N2O3. The lowest BCUT2D eigenvalue weighted by Gasteiger charge is -2.28. The van der Waals surface area contributed by atoms with Crippen LogP contribution in [0.1, 0.15) is 46.5 Å². The number of carboxylic acid groups (broad SMARTS) is 1. The third kappa shape index (κ3) is 3.45. The maximum Gasteiger partial charge on any atom is 0.311 e. The van der Waals surface area contributed by atoms with Crippen molar-refractivity contribution in [3.63, 3.8) is 0 Å². The molecule has 3 unspecified atom stereocenters. The lowest BCUT2D eigenvalue weighted by atomic mass is 9.85. The van der Waals surface area contributed by atoms with Gasteiger partial charge in [0.05, 0.1) is 5.41 Å². The molecule has 5 nitrogen and oxygen atoms in total. The van der Waals surface area contributed by atoms with E-state index in [0.29, 0.717) is 12.8 Å². The summed E-state index contributed by atoms with van der Waals surface area (Å²) in [7, 11) is 0. The Bertz CT molecular complexity index is 319. The standard InChI is InChI=1S/C13H24N2O3/c1-4-14-9(2)8-11(16)15-10-6-5-7-13(10,3)12(17)18/h9-10,14H,4-8H2,1-3H3,(H,15,16)(H,17,18). The van der Waals surface area contributed by atoms with Gasteiger partial charge in [0.25, 0.3) is 0 Å². The van der Waals surface area contributed by atoms with Gasteiger partial charge in [-0.15, -0.1) is 0 Å². The number of carboxylic acids is 1. The maximum absolute atomic E-state index is 11.9. The molecule has 3 N–H and O–H groups in total. The lowest BCUT2D eigenvalue weighted by molar-refractivity contribution is -0.149. The van der Waals surface area contributed by atoms with Crippen LogP contribution in [0, 0.1) is 5.41 Å². The van der Waals surface area contributed by atoms with Gasteiger partial charge in [-0.3, -0.25) is 9.59 Å². The summed E-state index contributed by atoms with van der Waals surface area (Å²) in [6, 6.07) is -0.121. The molecule has 0 aromatic rings. The van der Waals surface area contributed by atoms with Crippen LogP contribution in [-0.2, 0) is 9.59 Å². The summed E-state index contributed by atoms with van der Waals surface area (Å²) in [5.74, 6) is -0.882. The van der Waals surface area contributed by atoms with Gasteiger partial charge in [-0.1, -0.05) is 13.3 Å². The van der Waals surface area contributed by atoms with Gasteiger partial charge in [-0.2, -0.15) is 0 Å². The van der Waals surface area contributed by atoms with E-state index in [-0.39, 0.29) is 18.0 Å². The van der Waals surface area contributed by atoms with Crippen molar-refractivity contribution in [2.75, 3.05) is 6.54 Å². The van der Waals surface area contributed by atoms with Gasteiger partial charge in [0.2, 0.25) is 5.91 Å². The summed E-state index contributed by atoms with van der Waals surface area (Å²) >= 11 is 0.